The molecule has 0 bridgehead atoms. The van der Waals surface area contributed by atoms with Crippen LogP contribution in [-0.2, 0) is 0 Å². The van der Waals surface area contributed by atoms with Gasteiger partial charge in [-0.25, -0.2) is 0 Å². The average Bonchev–Trinajstić information content (AvgIpc) is 2.30. The Morgan fingerprint density at radius 2 is 1.71 bits per heavy atom. The Morgan fingerprint density at radius 3 is 2.18 bits per heavy atom. The summed E-state index contributed by atoms with van der Waals surface area (Å²) in [4.78, 5) is 0. The summed E-state index contributed by atoms with van der Waals surface area (Å²) < 4.78 is 0. The summed E-state index contributed by atoms with van der Waals surface area (Å²) in [6, 6.07) is 7.68. The SMILES string of the molecule is Cl.Cl.OB(O)c1ccc(C2CNCCN2)cc1. The third-order valence-electron chi connectivity index (χ3n) is 2.68. The van der Waals surface area contributed by atoms with Crippen molar-refractivity contribution in [3.63, 3.8) is 0 Å². The maximum absolute atomic E-state index is 8.95. The highest BCUT2D eigenvalue weighted by molar-refractivity contribution is 6.58. The van der Waals surface area contributed by atoms with Gasteiger partial charge in [-0.2, -0.15) is 0 Å². The van der Waals surface area contributed by atoms with Crippen LogP contribution in [0, 0.1) is 0 Å². The van der Waals surface area contributed by atoms with Crippen molar-refractivity contribution in [2.45, 2.75) is 6.04 Å². The summed E-state index contributed by atoms with van der Waals surface area (Å²) in [6.45, 7) is 2.89. The second-order valence-corrected chi connectivity index (χ2v) is 3.75. The molecule has 17 heavy (non-hydrogen) atoms. The molecule has 4 N–H and O–H groups in total. The molecule has 1 saturated heterocycles. The summed E-state index contributed by atoms with van der Waals surface area (Å²) in [5.74, 6) is 0. The molecule has 1 aliphatic heterocycles. The van der Waals surface area contributed by atoms with Crippen LogP contribution in [0.5, 0.6) is 0 Å². The first kappa shape index (κ1) is 16.7. The molecule has 0 aromatic heterocycles. The van der Waals surface area contributed by atoms with E-state index in [2.05, 4.69) is 10.6 Å². The van der Waals surface area contributed by atoms with Gasteiger partial charge in [0.1, 0.15) is 0 Å². The molecule has 1 heterocycles. The molecule has 0 amide bonds. The molecule has 7 heteroatoms. The Kier molecular flexibility index (Phi) is 7.78. The number of hydrogen-bond acceptors (Lipinski definition) is 4. The minimum absolute atomic E-state index is 0. The zero-order valence-electron chi connectivity index (χ0n) is 9.30. The molecule has 2 rings (SSSR count). The Labute approximate surface area is 114 Å². The number of piperazine rings is 1. The lowest BCUT2D eigenvalue weighted by atomic mass is 9.80. The summed E-state index contributed by atoms with van der Waals surface area (Å²) in [6.07, 6.45) is 0. The van der Waals surface area contributed by atoms with E-state index in [0.29, 0.717) is 11.5 Å². The molecule has 0 radical (unpaired) electrons. The van der Waals surface area contributed by atoms with Crippen molar-refractivity contribution in [2.75, 3.05) is 19.6 Å². The summed E-state index contributed by atoms with van der Waals surface area (Å²) in [7, 11) is -1.38. The van der Waals surface area contributed by atoms with Crippen LogP contribution in [0.3, 0.4) is 0 Å². The maximum atomic E-state index is 8.95. The van der Waals surface area contributed by atoms with Crippen LogP contribution in [0.25, 0.3) is 0 Å². The van der Waals surface area contributed by atoms with Crippen LogP contribution >= 0.6 is 24.8 Å². The maximum Gasteiger partial charge on any atom is 0.488 e. The normalized spacial score (nSPS) is 18.8. The van der Waals surface area contributed by atoms with Gasteiger partial charge in [0.05, 0.1) is 0 Å². The van der Waals surface area contributed by atoms with Gasteiger partial charge in [0.15, 0.2) is 0 Å². The second-order valence-electron chi connectivity index (χ2n) is 3.75. The van der Waals surface area contributed by atoms with Crippen molar-refractivity contribution in [3.8, 4) is 0 Å². The molecule has 1 aromatic carbocycles. The Bertz CT molecular complexity index is 319. The van der Waals surface area contributed by atoms with Crippen LogP contribution in [0.4, 0.5) is 0 Å². The highest BCUT2D eigenvalue weighted by Gasteiger charge is 2.15. The highest BCUT2D eigenvalue weighted by atomic mass is 35.5. The average molecular weight is 279 g/mol. The lowest BCUT2D eigenvalue weighted by molar-refractivity contribution is 0.425. The number of benzene rings is 1. The standard InChI is InChI=1S/C10H15BN2O2.2ClH/c14-11(15)9-3-1-8(2-4-9)10-7-12-5-6-13-10;;/h1-4,10,12-15H,5-7H2;2*1H. The third kappa shape index (κ3) is 4.46. The lowest BCUT2D eigenvalue weighted by Crippen LogP contribution is -2.42. The smallest absolute Gasteiger partial charge is 0.423 e. The van der Waals surface area contributed by atoms with Crippen molar-refractivity contribution in [3.05, 3.63) is 29.8 Å². The molecule has 1 aliphatic rings. The van der Waals surface area contributed by atoms with Gasteiger partial charge in [0.25, 0.3) is 0 Å². The van der Waals surface area contributed by atoms with Crippen molar-refractivity contribution in [1.29, 1.82) is 0 Å². The zero-order valence-corrected chi connectivity index (χ0v) is 10.9. The fourth-order valence-electron chi connectivity index (χ4n) is 1.79. The minimum Gasteiger partial charge on any atom is -0.423 e. The lowest BCUT2D eigenvalue weighted by Gasteiger charge is -2.24. The van der Waals surface area contributed by atoms with Crippen LogP contribution < -0.4 is 16.1 Å². The van der Waals surface area contributed by atoms with E-state index in [1.807, 2.05) is 12.1 Å². The predicted octanol–water partition coefficient (Wildman–Crippen LogP) is -0.556. The summed E-state index contributed by atoms with van der Waals surface area (Å²) in [5, 5.41) is 24.6. The van der Waals surface area contributed by atoms with Gasteiger partial charge < -0.3 is 20.7 Å². The van der Waals surface area contributed by atoms with Gasteiger partial charge in [-0.05, 0) is 11.0 Å². The summed E-state index contributed by atoms with van der Waals surface area (Å²) >= 11 is 0. The van der Waals surface area contributed by atoms with E-state index in [1.165, 1.54) is 5.56 Å². The predicted molar refractivity (Wildman–Crippen MR) is 74.4 cm³/mol. The van der Waals surface area contributed by atoms with Crippen LogP contribution in [0.15, 0.2) is 24.3 Å². The zero-order chi connectivity index (χ0) is 10.7. The van der Waals surface area contributed by atoms with Crippen molar-refractivity contribution >= 4 is 37.4 Å². The van der Waals surface area contributed by atoms with Gasteiger partial charge in [-0.1, -0.05) is 24.3 Å². The Morgan fingerprint density at radius 1 is 1.06 bits per heavy atom. The van der Waals surface area contributed by atoms with E-state index in [4.69, 9.17) is 10.0 Å². The molecule has 1 fully saturated rings. The van der Waals surface area contributed by atoms with Gasteiger partial charge in [0.2, 0.25) is 0 Å². The quantitative estimate of drug-likeness (QED) is 0.548. The molecule has 1 atom stereocenters. The van der Waals surface area contributed by atoms with Crippen molar-refractivity contribution in [1.82, 2.24) is 10.6 Å². The van der Waals surface area contributed by atoms with Crippen LogP contribution in [0.2, 0.25) is 0 Å². The molecule has 1 unspecified atom stereocenters. The highest BCUT2D eigenvalue weighted by Crippen LogP contribution is 2.11. The van der Waals surface area contributed by atoms with Gasteiger partial charge in [-0.15, -0.1) is 24.8 Å². The third-order valence-corrected chi connectivity index (χ3v) is 2.68. The van der Waals surface area contributed by atoms with Crippen LogP contribution in [-0.4, -0.2) is 36.8 Å². The van der Waals surface area contributed by atoms with Gasteiger partial charge >= 0.3 is 7.12 Å². The fraction of sp³-hybridized carbons (Fsp3) is 0.400. The number of hydrogen-bond donors (Lipinski definition) is 4. The van der Waals surface area contributed by atoms with Gasteiger partial charge in [0, 0.05) is 25.7 Å². The van der Waals surface area contributed by atoms with E-state index in [0.717, 1.165) is 19.6 Å². The number of nitrogens with one attached hydrogen (secondary N) is 2. The molecule has 96 valence electrons. The first-order chi connectivity index (χ1) is 7.27. The minimum atomic E-state index is -1.38. The fourth-order valence-corrected chi connectivity index (χ4v) is 1.79. The number of rotatable bonds is 2. The second kappa shape index (κ2) is 7.92. The molecule has 0 saturated carbocycles. The topological polar surface area (TPSA) is 64.5 Å². The Hall–Kier alpha value is -0.295. The molecular weight excluding hydrogens is 262 g/mol. The van der Waals surface area contributed by atoms with Crippen molar-refractivity contribution in [2.24, 2.45) is 0 Å². The van der Waals surface area contributed by atoms with E-state index in [9.17, 15) is 0 Å². The van der Waals surface area contributed by atoms with E-state index >= 15 is 0 Å². The molecule has 4 nitrogen and oxygen atoms in total. The molecular formula is C10H17BCl2N2O2. The molecule has 0 aliphatic carbocycles. The first-order valence-electron chi connectivity index (χ1n) is 5.17. The first-order valence-corrected chi connectivity index (χ1v) is 5.17. The van der Waals surface area contributed by atoms with Crippen molar-refractivity contribution < 1.29 is 10.0 Å². The largest absolute Gasteiger partial charge is 0.488 e. The van der Waals surface area contributed by atoms with E-state index in [1.54, 1.807) is 12.1 Å². The number of halogens is 2. The molecule has 1 aromatic rings. The van der Waals surface area contributed by atoms with E-state index in [-0.39, 0.29) is 24.8 Å². The van der Waals surface area contributed by atoms with Crippen LogP contribution in [0.1, 0.15) is 11.6 Å². The van der Waals surface area contributed by atoms with E-state index < -0.39 is 7.12 Å². The van der Waals surface area contributed by atoms with Gasteiger partial charge in [-0.3, -0.25) is 0 Å². The monoisotopic (exact) mass is 278 g/mol. The summed E-state index contributed by atoms with van der Waals surface area (Å²) in [5.41, 5.74) is 1.70. The molecule has 0 spiro atoms. The Balaban J connectivity index is 0.00000128.